The first-order valence-electron chi connectivity index (χ1n) is 8.49. The minimum atomic E-state index is 0.663. The molecule has 2 aromatic carbocycles. The van der Waals surface area contributed by atoms with Crippen molar-refractivity contribution >= 4 is 0 Å². The maximum Gasteiger partial charge on any atom is 0.0702 e. The Morgan fingerprint density at radius 2 is 1.41 bits per heavy atom. The summed E-state index contributed by atoms with van der Waals surface area (Å²) in [6.07, 6.45) is 6.10. The highest BCUT2D eigenvalue weighted by molar-refractivity contribution is 5.83. The van der Waals surface area contributed by atoms with Gasteiger partial charge >= 0.3 is 0 Å². The van der Waals surface area contributed by atoms with Crippen molar-refractivity contribution in [2.45, 2.75) is 25.7 Å². The number of hydrogen-bond donors (Lipinski definition) is 0. The molecule has 0 saturated heterocycles. The molecule has 0 spiro atoms. The van der Waals surface area contributed by atoms with Gasteiger partial charge in [-0.05, 0) is 83.3 Å². The zero-order chi connectivity index (χ0) is 15.4. The van der Waals surface area contributed by atoms with Crippen molar-refractivity contribution < 1.29 is 1.37 Å². The van der Waals surface area contributed by atoms with E-state index in [-0.39, 0.29) is 0 Å². The van der Waals surface area contributed by atoms with Gasteiger partial charge in [-0.15, -0.1) is 0 Å². The number of nitrogens with zero attached hydrogens (tertiary/aromatic N) is 1. The Bertz CT molecular complexity index is 878. The molecule has 0 aliphatic heterocycles. The molecule has 2 aliphatic rings. The molecule has 0 radical (unpaired) electrons. The predicted molar refractivity (Wildman–Crippen MR) is 89.9 cm³/mol. The number of aryl methyl sites for hydroxylation is 4. The van der Waals surface area contributed by atoms with Gasteiger partial charge < -0.3 is 0 Å². The number of pyridine rings is 1. The summed E-state index contributed by atoms with van der Waals surface area (Å²) in [5.74, 6) is 0. The Balaban J connectivity index is 1.76. The average Bonchev–Trinajstić information content (AvgIpc) is 2.59. The summed E-state index contributed by atoms with van der Waals surface area (Å²) in [5.41, 5.74) is 10.8. The molecule has 3 aromatic rings. The zero-order valence-corrected chi connectivity index (χ0v) is 12.4. The van der Waals surface area contributed by atoms with E-state index in [0.717, 1.165) is 31.4 Å². The number of rotatable bonds is 1. The predicted octanol–water partition coefficient (Wildman–Crippen LogP) is 4.61. The van der Waals surface area contributed by atoms with Crippen LogP contribution in [0, 0.1) is 0 Å². The molecular formula is C21H17N. The second-order valence-electron chi connectivity index (χ2n) is 6.27. The third-order valence-corrected chi connectivity index (χ3v) is 5.00. The summed E-state index contributed by atoms with van der Waals surface area (Å²) >= 11 is 0. The van der Waals surface area contributed by atoms with Gasteiger partial charge in [0.05, 0.1) is 7.06 Å². The third-order valence-electron chi connectivity index (χ3n) is 5.00. The Hall–Kier alpha value is -2.41. The average molecular weight is 284 g/mol. The fraction of sp³-hybridized carbons (Fsp3) is 0.190. The Kier molecular flexibility index (Phi) is 2.31. The van der Waals surface area contributed by atoms with Crippen molar-refractivity contribution in [1.29, 1.82) is 0 Å². The molecule has 1 heterocycles. The summed E-state index contributed by atoms with van der Waals surface area (Å²) in [7, 11) is 0. The van der Waals surface area contributed by atoms with Crippen LogP contribution in [0.3, 0.4) is 0 Å². The van der Waals surface area contributed by atoms with Crippen molar-refractivity contribution in [3.63, 3.8) is 0 Å². The Labute approximate surface area is 132 Å². The van der Waals surface area contributed by atoms with Crippen LogP contribution in [0.2, 0.25) is 0 Å². The van der Waals surface area contributed by atoms with Gasteiger partial charge in [0.15, 0.2) is 0 Å². The smallest absolute Gasteiger partial charge is 0.0702 e. The van der Waals surface area contributed by atoms with Crippen LogP contribution in [0.5, 0.6) is 0 Å². The van der Waals surface area contributed by atoms with Crippen LogP contribution in [-0.2, 0) is 25.7 Å². The summed E-state index contributed by atoms with van der Waals surface area (Å²) in [5, 5.41) is 0. The molecule has 0 amide bonds. The van der Waals surface area contributed by atoms with Gasteiger partial charge in [0.25, 0.3) is 0 Å². The van der Waals surface area contributed by atoms with E-state index in [4.69, 9.17) is 1.37 Å². The molecule has 22 heavy (non-hydrogen) atoms. The SMILES string of the molecule is [2H]c1cc2c3c(c1)CCc1cc(-c4ccccn4)cc(c1-3)CC2. The number of aromatic nitrogens is 1. The molecule has 1 aromatic heterocycles. The van der Waals surface area contributed by atoms with Gasteiger partial charge in [-0.3, -0.25) is 4.98 Å². The van der Waals surface area contributed by atoms with E-state index in [1.165, 1.54) is 38.9 Å². The minimum Gasteiger partial charge on any atom is -0.256 e. The van der Waals surface area contributed by atoms with Gasteiger partial charge in [0, 0.05) is 11.8 Å². The standard InChI is InChI=1S/C21H17N/c1-2-11-22-19(6-1)18-12-16-9-7-14-4-3-5-15-8-10-17(13-18)21(16)20(14)15/h1-6,11-13H,7-10H2/i3D. The van der Waals surface area contributed by atoms with Crippen molar-refractivity contribution in [3.8, 4) is 22.4 Å². The summed E-state index contributed by atoms with van der Waals surface area (Å²) < 4.78 is 8.02. The molecule has 106 valence electrons. The van der Waals surface area contributed by atoms with Crippen LogP contribution in [-0.4, -0.2) is 4.98 Å². The highest BCUT2D eigenvalue weighted by Crippen LogP contribution is 2.43. The quantitative estimate of drug-likeness (QED) is 0.635. The van der Waals surface area contributed by atoms with Crippen LogP contribution >= 0.6 is 0 Å². The second kappa shape index (κ2) is 4.54. The molecule has 5 rings (SSSR count). The number of benzene rings is 2. The number of hydrogen-bond acceptors (Lipinski definition) is 1. The van der Waals surface area contributed by atoms with E-state index in [1.54, 1.807) is 0 Å². The Morgan fingerprint density at radius 1 is 0.773 bits per heavy atom. The molecule has 0 bridgehead atoms. The van der Waals surface area contributed by atoms with E-state index in [2.05, 4.69) is 41.4 Å². The first-order chi connectivity index (χ1) is 11.3. The van der Waals surface area contributed by atoms with Gasteiger partial charge in [-0.1, -0.05) is 24.2 Å². The lowest BCUT2D eigenvalue weighted by Crippen LogP contribution is -2.14. The molecule has 0 atom stereocenters. The Morgan fingerprint density at radius 3 is 2.05 bits per heavy atom. The van der Waals surface area contributed by atoms with Gasteiger partial charge in [0.2, 0.25) is 0 Å². The monoisotopic (exact) mass is 284 g/mol. The summed E-state index contributed by atoms with van der Waals surface area (Å²) in [6, 6.07) is 15.5. The van der Waals surface area contributed by atoms with E-state index in [0.29, 0.717) is 6.04 Å². The zero-order valence-electron chi connectivity index (χ0n) is 13.4. The molecule has 0 saturated carbocycles. The molecule has 1 heteroatoms. The van der Waals surface area contributed by atoms with E-state index < -0.39 is 0 Å². The highest BCUT2D eigenvalue weighted by atomic mass is 14.7. The van der Waals surface area contributed by atoms with Crippen molar-refractivity contribution in [2.75, 3.05) is 0 Å². The van der Waals surface area contributed by atoms with Crippen molar-refractivity contribution in [1.82, 2.24) is 4.98 Å². The third kappa shape index (κ3) is 1.69. The molecule has 2 aliphatic carbocycles. The molecule has 0 fully saturated rings. The van der Waals surface area contributed by atoms with Crippen LogP contribution in [0.25, 0.3) is 22.4 Å². The summed E-state index contributed by atoms with van der Waals surface area (Å²) in [4.78, 5) is 4.52. The minimum absolute atomic E-state index is 0.663. The van der Waals surface area contributed by atoms with E-state index in [9.17, 15) is 0 Å². The normalized spacial score (nSPS) is 15.2. The molecular weight excluding hydrogens is 266 g/mol. The lowest BCUT2D eigenvalue weighted by Gasteiger charge is -2.29. The van der Waals surface area contributed by atoms with Crippen LogP contribution in [0.4, 0.5) is 0 Å². The lowest BCUT2D eigenvalue weighted by molar-refractivity contribution is 0.877. The van der Waals surface area contributed by atoms with Crippen LogP contribution in [0.1, 0.15) is 23.6 Å². The highest BCUT2D eigenvalue weighted by Gasteiger charge is 2.25. The lowest BCUT2D eigenvalue weighted by atomic mass is 9.75. The largest absolute Gasteiger partial charge is 0.256 e. The fourth-order valence-corrected chi connectivity index (χ4v) is 4.01. The topological polar surface area (TPSA) is 12.9 Å². The maximum atomic E-state index is 8.02. The van der Waals surface area contributed by atoms with Gasteiger partial charge in [-0.25, -0.2) is 0 Å². The first-order valence-corrected chi connectivity index (χ1v) is 7.99. The van der Waals surface area contributed by atoms with Crippen molar-refractivity contribution in [2.24, 2.45) is 0 Å². The molecule has 0 N–H and O–H groups in total. The van der Waals surface area contributed by atoms with Crippen LogP contribution < -0.4 is 0 Å². The second-order valence-corrected chi connectivity index (χ2v) is 6.27. The van der Waals surface area contributed by atoms with Crippen molar-refractivity contribution in [3.05, 3.63) is 77.0 Å². The van der Waals surface area contributed by atoms with E-state index >= 15 is 0 Å². The van der Waals surface area contributed by atoms with E-state index in [1.807, 2.05) is 12.3 Å². The first kappa shape index (κ1) is 11.2. The summed E-state index contributed by atoms with van der Waals surface area (Å²) in [6.45, 7) is 0. The molecule has 1 nitrogen and oxygen atoms in total. The molecule has 0 unspecified atom stereocenters. The van der Waals surface area contributed by atoms with Crippen LogP contribution in [0.15, 0.2) is 54.7 Å². The van der Waals surface area contributed by atoms with Gasteiger partial charge in [0.1, 0.15) is 0 Å². The van der Waals surface area contributed by atoms with Gasteiger partial charge in [-0.2, -0.15) is 0 Å². The fourth-order valence-electron chi connectivity index (χ4n) is 4.01. The maximum absolute atomic E-state index is 8.02.